The molecule has 4 aliphatic carbocycles. The van der Waals surface area contributed by atoms with Crippen LogP contribution < -0.4 is 0 Å². The summed E-state index contributed by atoms with van der Waals surface area (Å²) in [7, 11) is 0. The highest BCUT2D eigenvalue weighted by Gasteiger charge is 2.68. The van der Waals surface area contributed by atoms with E-state index in [-0.39, 0.29) is 23.3 Å². The van der Waals surface area contributed by atoms with Gasteiger partial charge < -0.3 is 14.2 Å². The quantitative estimate of drug-likeness (QED) is 0.100. The molecule has 4 nitrogen and oxygen atoms in total. The average Bonchev–Trinajstić information content (AvgIpc) is 3.50. The van der Waals surface area contributed by atoms with Crippen LogP contribution in [0.4, 0.5) is 0 Å². The van der Waals surface area contributed by atoms with E-state index in [2.05, 4.69) is 40.7 Å². The molecule has 6 aliphatic rings. The molecule has 2 aliphatic heterocycles. The van der Waals surface area contributed by atoms with Crippen molar-refractivity contribution < 1.29 is 19.0 Å². The molecular formula is C43H72O4. The molecule has 11 unspecified atom stereocenters. The second-order valence-electron chi connectivity index (χ2n) is 18.1. The first-order chi connectivity index (χ1) is 22.7. The number of esters is 1. The fourth-order valence-corrected chi connectivity index (χ4v) is 12.3. The summed E-state index contributed by atoms with van der Waals surface area (Å²) in [5.74, 6) is 3.78. The average molecular weight is 653 g/mol. The van der Waals surface area contributed by atoms with Crippen LogP contribution in [0.15, 0.2) is 11.6 Å². The van der Waals surface area contributed by atoms with Gasteiger partial charge in [-0.1, -0.05) is 123 Å². The first kappa shape index (κ1) is 35.9. The number of carbonyl (C=O) groups is 1. The van der Waals surface area contributed by atoms with E-state index in [0.29, 0.717) is 35.7 Å². The summed E-state index contributed by atoms with van der Waals surface area (Å²) >= 11 is 0. The van der Waals surface area contributed by atoms with Crippen molar-refractivity contribution in [1.29, 1.82) is 0 Å². The van der Waals surface area contributed by atoms with Crippen LogP contribution in [0.2, 0.25) is 0 Å². The Bertz CT molecular complexity index is 1060. The third-order valence-electron chi connectivity index (χ3n) is 15.1. The number of hydrogen-bond acceptors (Lipinski definition) is 4. The summed E-state index contributed by atoms with van der Waals surface area (Å²) in [6.07, 6.45) is 31.6. The fraction of sp³-hybridized carbons (Fsp3) is 0.930. The van der Waals surface area contributed by atoms with Crippen LogP contribution in [-0.4, -0.2) is 30.6 Å². The highest BCUT2D eigenvalue weighted by atomic mass is 16.7. The van der Waals surface area contributed by atoms with Crippen molar-refractivity contribution in [3.05, 3.63) is 11.6 Å². The lowest BCUT2D eigenvalue weighted by molar-refractivity contribution is -0.272. The molecule has 0 N–H and O–H groups in total. The minimum atomic E-state index is -0.319. The molecule has 5 fully saturated rings. The Hall–Kier alpha value is -0.870. The number of allylic oxidation sites excluding steroid dienone is 1. The van der Waals surface area contributed by atoms with Crippen LogP contribution in [0.3, 0.4) is 0 Å². The SMILES string of the molecule is CCCCCCCCCCCCCCCC(=O)OC1CCC2(C)C(=CCC3C2CCC2(C)C3CC3OC4(CCC(C)CO4)C(C)C32)C1. The van der Waals surface area contributed by atoms with Crippen molar-refractivity contribution in [2.45, 2.75) is 200 Å². The Morgan fingerprint density at radius 2 is 1.53 bits per heavy atom. The molecule has 4 heteroatoms. The predicted octanol–water partition coefficient (Wildman–Crippen LogP) is 11.7. The van der Waals surface area contributed by atoms with E-state index in [9.17, 15) is 4.79 Å². The van der Waals surface area contributed by atoms with E-state index in [0.717, 1.165) is 50.0 Å². The van der Waals surface area contributed by atoms with Gasteiger partial charge in [0.15, 0.2) is 5.79 Å². The van der Waals surface area contributed by atoms with Gasteiger partial charge in [-0.15, -0.1) is 0 Å². The van der Waals surface area contributed by atoms with Gasteiger partial charge in [0.25, 0.3) is 0 Å². The van der Waals surface area contributed by atoms with Crippen molar-refractivity contribution in [2.75, 3.05) is 6.61 Å². The van der Waals surface area contributed by atoms with E-state index < -0.39 is 0 Å². The van der Waals surface area contributed by atoms with Crippen molar-refractivity contribution >= 4 is 5.97 Å². The Morgan fingerprint density at radius 1 is 0.851 bits per heavy atom. The predicted molar refractivity (Wildman–Crippen MR) is 192 cm³/mol. The molecule has 3 saturated carbocycles. The number of carbonyl (C=O) groups excluding carboxylic acids is 1. The Labute approximate surface area is 289 Å². The molecule has 2 saturated heterocycles. The number of ether oxygens (including phenoxy) is 3. The third kappa shape index (κ3) is 7.45. The molecule has 2 heterocycles. The molecule has 0 aromatic heterocycles. The first-order valence-electron chi connectivity index (χ1n) is 20.9. The second-order valence-corrected chi connectivity index (χ2v) is 18.1. The van der Waals surface area contributed by atoms with Crippen molar-refractivity contribution in [2.24, 2.45) is 46.3 Å². The molecule has 6 rings (SSSR count). The number of rotatable bonds is 15. The van der Waals surface area contributed by atoms with E-state index in [1.54, 1.807) is 5.57 Å². The lowest BCUT2D eigenvalue weighted by Gasteiger charge is -2.58. The van der Waals surface area contributed by atoms with Crippen molar-refractivity contribution in [1.82, 2.24) is 0 Å². The standard InChI is InChI=1S/C43H72O4/c1-6-7-8-9-10-11-12-13-14-15-16-17-18-19-39(44)46-34-23-25-41(4)33(28-34)20-21-35-36(41)24-26-42(5)37(35)29-38-40(42)32(3)43(47-38)27-22-31(2)30-45-43/h20,31-32,34-38,40H,6-19,21-30H2,1-5H3. The van der Waals surface area contributed by atoms with Crippen molar-refractivity contribution in [3.63, 3.8) is 0 Å². The maximum absolute atomic E-state index is 12.8. The third-order valence-corrected chi connectivity index (χ3v) is 15.1. The zero-order valence-electron chi connectivity index (χ0n) is 31.3. The lowest BCUT2D eigenvalue weighted by atomic mass is 9.47. The summed E-state index contributed by atoms with van der Waals surface area (Å²) < 4.78 is 19.7. The first-order valence-corrected chi connectivity index (χ1v) is 20.9. The number of fused-ring (bicyclic) bond motifs is 7. The van der Waals surface area contributed by atoms with Gasteiger partial charge in [-0.05, 0) is 91.8 Å². The largest absolute Gasteiger partial charge is 0.462 e. The van der Waals surface area contributed by atoms with Gasteiger partial charge in [0.05, 0.1) is 12.7 Å². The van der Waals surface area contributed by atoms with E-state index in [1.807, 2.05) is 0 Å². The van der Waals surface area contributed by atoms with Gasteiger partial charge in [0, 0.05) is 25.2 Å². The molecule has 0 aromatic rings. The maximum atomic E-state index is 12.8. The zero-order chi connectivity index (χ0) is 33.1. The Kier molecular flexibility index (Phi) is 11.9. The normalized spacial score (nSPS) is 42.4. The second kappa shape index (κ2) is 15.6. The van der Waals surface area contributed by atoms with E-state index in [4.69, 9.17) is 14.2 Å². The Morgan fingerprint density at radius 3 is 2.19 bits per heavy atom. The monoisotopic (exact) mass is 653 g/mol. The molecule has 0 aromatic carbocycles. The fourth-order valence-electron chi connectivity index (χ4n) is 12.3. The van der Waals surface area contributed by atoms with E-state index in [1.165, 1.54) is 116 Å². The number of hydrogen-bond donors (Lipinski definition) is 0. The van der Waals surface area contributed by atoms with Gasteiger partial charge in [-0.25, -0.2) is 0 Å². The van der Waals surface area contributed by atoms with Crippen LogP contribution in [-0.2, 0) is 19.0 Å². The van der Waals surface area contributed by atoms with Crippen LogP contribution in [0, 0.1) is 46.3 Å². The van der Waals surface area contributed by atoms with Crippen LogP contribution in [0.25, 0.3) is 0 Å². The molecule has 47 heavy (non-hydrogen) atoms. The molecule has 0 bridgehead atoms. The molecule has 1 spiro atoms. The summed E-state index contributed by atoms with van der Waals surface area (Å²) in [4.78, 5) is 12.8. The smallest absolute Gasteiger partial charge is 0.306 e. The van der Waals surface area contributed by atoms with Gasteiger partial charge in [0.1, 0.15) is 6.10 Å². The highest BCUT2D eigenvalue weighted by Crippen LogP contribution is 2.70. The molecule has 0 radical (unpaired) electrons. The van der Waals surface area contributed by atoms with Crippen molar-refractivity contribution in [3.8, 4) is 0 Å². The van der Waals surface area contributed by atoms with Gasteiger partial charge in [-0.2, -0.15) is 0 Å². The Balaban J connectivity index is 0.920. The van der Waals surface area contributed by atoms with Crippen LogP contribution >= 0.6 is 0 Å². The van der Waals surface area contributed by atoms with Gasteiger partial charge in [0.2, 0.25) is 0 Å². The van der Waals surface area contributed by atoms with Crippen LogP contribution in [0.5, 0.6) is 0 Å². The summed E-state index contributed by atoms with van der Waals surface area (Å²) in [5, 5.41) is 0. The molecule has 11 atom stereocenters. The minimum absolute atomic E-state index is 0.0465. The zero-order valence-corrected chi connectivity index (χ0v) is 31.3. The van der Waals surface area contributed by atoms with E-state index >= 15 is 0 Å². The van der Waals surface area contributed by atoms with Gasteiger partial charge >= 0.3 is 5.97 Å². The maximum Gasteiger partial charge on any atom is 0.306 e. The highest BCUT2D eigenvalue weighted by molar-refractivity contribution is 5.69. The summed E-state index contributed by atoms with van der Waals surface area (Å²) in [6, 6.07) is 0. The lowest BCUT2D eigenvalue weighted by Crippen LogP contribution is -2.52. The summed E-state index contributed by atoms with van der Waals surface area (Å²) in [5.41, 5.74) is 2.25. The molecular weight excluding hydrogens is 580 g/mol. The molecule has 268 valence electrons. The topological polar surface area (TPSA) is 44.8 Å². The number of unbranched alkanes of at least 4 members (excludes halogenated alkanes) is 12. The van der Waals surface area contributed by atoms with Gasteiger partial charge in [-0.3, -0.25) is 4.79 Å². The summed E-state index contributed by atoms with van der Waals surface area (Å²) in [6.45, 7) is 13.1. The molecule has 0 amide bonds. The minimum Gasteiger partial charge on any atom is -0.462 e. The van der Waals surface area contributed by atoms with Crippen LogP contribution in [0.1, 0.15) is 182 Å².